The molecule has 0 amide bonds. The Hall–Kier alpha value is -2.58. The minimum absolute atomic E-state index is 0.188. The van der Waals surface area contributed by atoms with Gasteiger partial charge < -0.3 is 0 Å². The van der Waals surface area contributed by atoms with E-state index in [4.69, 9.17) is 17.7 Å². The van der Waals surface area contributed by atoms with Gasteiger partial charge in [-0.3, -0.25) is 5.10 Å². The SMILES string of the molecule is CC(C)(C)c1nnc2c3c(N=[N+]=[N-])ncnc3[nH]n2c1=S. The highest BCUT2D eigenvalue weighted by atomic mass is 32.1. The van der Waals surface area contributed by atoms with Crippen LogP contribution in [0.5, 0.6) is 0 Å². The highest BCUT2D eigenvalue weighted by molar-refractivity contribution is 7.71. The Morgan fingerprint density at radius 1 is 1.33 bits per heavy atom. The van der Waals surface area contributed by atoms with Crippen molar-refractivity contribution < 1.29 is 0 Å². The maximum atomic E-state index is 8.62. The van der Waals surface area contributed by atoms with E-state index in [1.54, 1.807) is 4.52 Å². The second-order valence-corrected chi connectivity index (χ2v) is 5.87. The maximum Gasteiger partial charge on any atom is 0.188 e. The van der Waals surface area contributed by atoms with Gasteiger partial charge in [0.25, 0.3) is 0 Å². The van der Waals surface area contributed by atoms with Crippen molar-refractivity contribution in [2.45, 2.75) is 26.2 Å². The third kappa shape index (κ3) is 2.01. The minimum Gasteiger partial charge on any atom is -0.274 e. The van der Waals surface area contributed by atoms with Crippen LogP contribution in [0.2, 0.25) is 0 Å². The fourth-order valence-electron chi connectivity index (χ4n) is 2.01. The standard InChI is InChI=1S/C11H11N9S/c1-11(2,3)6-10(21)20-9(17-15-6)5-7(16-19-12)13-4-14-8(5)18-20/h4H,1-3H3,(H,13,14,18). The van der Waals surface area contributed by atoms with Crippen LogP contribution in [0.3, 0.4) is 0 Å². The van der Waals surface area contributed by atoms with Crippen molar-refractivity contribution in [1.29, 1.82) is 0 Å². The Morgan fingerprint density at radius 3 is 2.76 bits per heavy atom. The van der Waals surface area contributed by atoms with Crippen molar-refractivity contribution in [2.75, 3.05) is 0 Å². The normalized spacial score (nSPS) is 11.8. The largest absolute Gasteiger partial charge is 0.274 e. The molecule has 0 aliphatic rings. The van der Waals surface area contributed by atoms with E-state index in [-0.39, 0.29) is 11.2 Å². The summed E-state index contributed by atoms with van der Waals surface area (Å²) in [6, 6.07) is 0. The third-order valence-electron chi connectivity index (χ3n) is 2.98. The van der Waals surface area contributed by atoms with E-state index in [1.807, 2.05) is 20.8 Å². The summed E-state index contributed by atoms with van der Waals surface area (Å²) in [5.74, 6) is 0.188. The van der Waals surface area contributed by atoms with Crippen LogP contribution in [-0.4, -0.2) is 29.8 Å². The molecule has 3 heterocycles. The van der Waals surface area contributed by atoms with Crippen LogP contribution >= 0.6 is 12.2 Å². The summed E-state index contributed by atoms with van der Waals surface area (Å²) in [7, 11) is 0. The zero-order chi connectivity index (χ0) is 15.2. The van der Waals surface area contributed by atoms with Crippen molar-refractivity contribution >= 4 is 34.7 Å². The first-order valence-corrected chi connectivity index (χ1v) is 6.52. The molecular formula is C11H11N9S. The van der Waals surface area contributed by atoms with Crippen molar-refractivity contribution in [3.8, 4) is 0 Å². The molecule has 0 aliphatic carbocycles. The lowest BCUT2D eigenvalue weighted by Gasteiger charge is -2.16. The Bertz CT molecular complexity index is 955. The molecule has 21 heavy (non-hydrogen) atoms. The number of hydrogen-bond acceptors (Lipinski definition) is 6. The van der Waals surface area contributed by atoms with Crippen LogP contribution in [0.25, 0.3) is 27.1 Å². The zero-order valence-electron chi connectivity index (χ0n) is 11.6. The number of aromatic nitrogens is 6. The Kier molecular flexibility index (Phi) is 2.85. The molecule has 0 radical (unpaired) electrons. The van der Waals surface area contributed by atoms with E-state index in [9.17, 15) is 0 Å². The third-order valence-corrected chi connectivity index (χ3v) is 3.36. The second-order valence-electron chi connectivity index (χ2n) is 5.48. The van der Waals surface area contributed by atoms with E-state index >= 15 is 0 Å². The molecule has 3 aromatic rings. The first-order chi connectivity index (χ1) is 9.93. The summed E-state index contributed by atoms with van der Waals surface area (Å²) in [5.41, 5.74) is 10.00. The van der Waals surface area contributed by atoms with Crippen molar-refractivity contribution in [3.05, 3.63) is 27.1 Å². The van der Waals surface area contributed by atoms with Gasteiger partial charge in [-0.15, -0.1) is 10.2 Å². The zero-order valence-corrected chi connectivity index (χ0v) is 12.4. The number of fused-ring (bicyclic) bond motifs is 3. The van der Waals surface area contributed by atoms with Gasteiger partial charge in [-0.05, 0) is 10.6 Å². The molecule has 1 N–H and O–H groups in total. The number of rotatable bonds is 1. The number of azide groups is 1. The number of aromatic amines is 1. The average molecular weight is 301 g/mol. The first kappa shape index (κ1) is 13.4. The van der Waals surface area contributed by atoms with E-state index in [1.165, 1.54) is 6.33 Å². The van der Waals surface area contributed by atoms with E-state index in [0.717, 1.165) is 0 Å². The molecular weight excluding hydrogens is 290 g/mol. The van der Waals surface area contributed by atoms with Gasteiger partial charge >= 0.3 is 0 Å². The van der Waals surface area contributed by atoms with Gasteiger partial charge in [0.1, 0.15) is 17.8 Å². The first-order valence-electron chi connectivity index (χ1n) is 6.11. The molecule has 0 spiro atoms. The molecule has 9 nitrogen and oxygen atoms in total. The van der Waals surface area contributed by atoms with Crippen LogP contribution in [0.1, 0.15) is 26.5 Å². The van der Waals surface area contributed by atoms with Gasteiger partial charge in [0, 0.05) is 10.3 Å². The molecule has 0 atom stereocenters. The van der Waals surface area contributed by atoms with Crippen LogP contribution in [0.15, 0.2) is 11.4 Å². The summed E-state index contributed by atoms with van der Waals surface area (Å²) < 4.78 is 2.12. The second kappa shape index (κ2) is 4.47. The lowest BCUT2D eigenvalue weighted by molar-refractivity contribution is 0.548. The summed E-state index contributed by atoms with van der Waals surface area (Å²) in [6.07, 6.45) is 1.31. The molecule has 3 rings (SSSR count). The monoisotopic (exact) mass is 301 g/mol. The molecule has 0 unspecified atom stereocenters. The molecule has 0 fully saturated rings. The highest BCUT2D eigenvalue weighted by Gasteiger charge is 2.21. The van der Waals surface area contributed by atoms with Crippen molar-refractivity contribution in [1.82, 2.24) is 29.8 Å². The van der Waals surface area contributed by atoms with Crippen molar-refractivity contribution in [3.63, 3.8) is 0 Å². The fraction of sp³-hybridized carbons (Fsp3) is 0.364. The number of nitrogens with one attached hydrogen (secondary N) is 1. The van der Waals surface area contributed by atoms with E-state index in [0.29, 0.717) is 27.0 Å². The molecule has 0 aliphatic heterocycles. The van der Waals surface area contributed by atoms with Gasteiger partial charge in [0.05, 0.1) is 5.39 Å². The van der Waals surface area contributed by atoms with Gasteiger partial charge in [-0.2, -0.15) is 0 Å². The number of H-pyrrole nitrogens is 1. The molecule has 0 aromatic carbocycles. The van der Waals surface area contributed by atoms with Crippen molar-refractivity contribution in [2.24, 2.45) is 5.11 Å². The Morgan fingerprint density at radius 2 is 2.10 bits per heavy atom. The molecule has 106 valence electrons. The summed E-state index contributed by atoms with van der Waals surface area (Å²) in [6.45, 7) is 6.02. The van der Waals surface area contributed by atoms with Crippen LogP contribution in [0, 0.1) is 4.64 Å². The van der Waals surface area contributed by atoms with Gasteiger partial charge in [-0.1, -0.05) is 33.0 Å². The van der Waals surface area contributed by atoms with Gasteiger partial charge in [0.2, 0.25) is 0 Å². The molecule has 0 saturated carbocycles. The Balaban J connectivity index is 2.49. The molecule has 10 heteroatoms. The minimum atomic E-state index is -0.234. The number of hydrogen-bond donors (Lipinski definition) is 1. The van der Waals surface area contributed by atoms with Crippen LogP contribution in [0.4, 0.5) is 5.82 Å². The van der Waals surface area contributed by atoms with Crippen LogP contribution in [-0.2, 0) is 5.41 Å². The lowest BCUT2D eigenvalue weighted by atomic mass is 9.93. The Labute approximate surface area is 123 Å². The fourth-order valence-corrected chi connectivity index (χ4v) is 2.49. The summed E-state index contributed by atoms with van der Waals surface area (Å²) in [4.78, 5) is 10.8. The van der Waals surface area contributed by atoms with Crippen LogP contribution < -0.4 is 0 Å². The quantitative estimate of drug-likeness (QED) is 0.320. The van der Waals surface area contributed by atoms with E-state index in [2.05, 4.69) is 35.3 Å². The summed E-state index contributed by atoms with van der Waals surface area (Å²) in [5, 5.41) is 15.5. The maximum absolute atomic E-state index is 8.62. The molecule has 0 bridgehead atoms. The predicted octanol–water partition coefficient (Wildman–Crippen LogP) is 2.97. The van der Waals surface area contributed by atoms with E-state index < -0.39 is 0 Å². The highest BCUT2D eigenvalue weighted by Crippen LogP contribution is 2.27. The number of nitrogens with zero attached hydrogens (tertiary/aromatic N) is 8. The topological polar surface area (TPSA) is 121 Å². The summed E-state index contributed by atoms with van der Waals surface area (Å²) >= 11 is 5.47. The lowest BCUT2D eigenvalue weighted by Crippen LogP contribution is -2.17. The average Bonchev–Trinajstić information content (AvgIpc) is 2.78. The molecule has 3 aromatic heterocycles. The van der Waals surface area contributed by atoms with Gasteiger partial charge in [0.15, 0.2) is 15.9 Å². The predicted molar refractivity (Wildman–Crippen MR) is 78.8 cm³/mol. The molecule has 0 saturated heterocycles. The van der Waals surface area contributed by atoms with Gasteiger partial charge in [-0.25, -0.2) is 14.5 Å². The smallest absolute Gasteiger partial charge is 0.188 e.